The van der Waals surface area contributed by atoms with Crippen LogP contribution in [0.1, 0.15) is 40.0 Å². The van der Waals surface area contributed by atoms with E-state index in [0.29, 0.717) is 14.2 Å². The molecule has 0 aromatic carbocycles. The molecule has 0 unspecified atom stereocenters. The smallest absolute Gasteiger partial charge is 0.00585 e. The molecular weight excluding hydrogens is 136 g/mol. The molecule has 0 saturated heterocycles. The fourth-order valence-corrected chi connectivity index (χ4v) is 2.39. The van der Waals surface area contributed by atoms with Crippen molar-refractivity contribution in [3.05, 3.63) is 6.92 Å². The van der Waals surface area contributed by atoms with Crippen LogP contribution in [0, 0.1) is 6.92 Å². The predicted molar refractivity (Wildman–Crippen MR) is 52.1 cm³/mol. The van der Waals surface area contributed by atoms with E-state index in [0.717, 1.165) is 6.42 Å². The van der Waals surface area contributed by atoms with Crippen molar-refractivity contribution >= 4 is 14.8 Å². The second kappa shape index (κ2) is 4.83. The van der Waals surface area contributed by atoms with Gasteiger partial charge in [0.15, 0.2) is 0 Å². The Morgan fingerprint density at radius 2 is 2.10 bits per heavy atom. The fraction of sp³-hybridized carbons (Fsp3) is 0.778. The molecule has 10 heavy (non-hydrogen) atoms. The Balaban J connectivity index is 3.73. The molecule has 0 aliphatic carbocycles. The molecule has 1 radical (unpaired) electrons. The van der Waals surface area contributed by atoms with E-state index in [9.17, 15) is 0 Å². The fourth-order valence-electron chi connectivity index (χ4n) is 1.13. The molecule has 0 N–H and O–H groups in total. The lowest BCUT2D eigenvalue weighted by molar-refractivity contribution is 0.599. The van der Waals surface area contributed by atoms with Crippen LogP contribution in [0.5, 0.6) is 0 Å². The Bertz CT molecular complexity index is 103. The molecule has 0 bridgehead atoms. The highest BCUT2D eigenvalue weighted by molar-refractivity contribution is 6.50. The van der Waals surface area contributed by atoms with Crippen molar-refractivity contribution in [1.82, 2.24) is 0 Å². The van der Waals surface area contributed by atoms with Crippen molar-refractivity contribution in [3.63, 3.8) is 0 Å². The van der Waals surface area contributed by atoms with Gasteiger partial charge in [-0.05, 0) is 33.9 Å². The van der Waals surface area contributed by atoms with E-state index in [1.54, 1.807) is 0 Å². The second-order valence-corrected chi connectivity index (χ2v) is 5.80. The first-order chi connectivity index (χ1) is 4.62. The van der Waals surface area contributed by atoms with Crippen LogP contribution in [0.15, 0.2) is 0 Å². The summed E-state index contributed by atoms with van der Waals surface area (Å²) in [4.78, 5) is 0. The lowest BCUT2D eigenvalue weighted by Crippen LogP contribution is -2.07. The quantitative estimate of drug-likeness (QED) is 0.547. The summed E-state index contributed by atoms with van der Waals surface area (Å²) in [6.07, 6.45) is 3.67. The molecule has 1 heteroatoms. The van der Waals surface area contributed by atoms with Gasteiger partial charge in [0.25, 0.3) is 0 Å². The summed E-state index contributed by atoms with van der Waals surface area (Å²) in [6, 6.07) is 0. The van der Waals surface area contributed by atoms with E-state index in [1.165, 1.54) is 12.8 Å². The monoisotopic (exact) mass is 155 g/mol. The van der Waals surface area contributed by atoms with Gasteiger partial charge in [-0.1, -0.05) is 27.2 Å². The molecule has 0 aromatic rings. The van der Waals surface area contributed by atoms with Gasteiger partial charge in [0.05, 0.1) is 0 Å². The van der Waals surface area contributed by atoms with Gasteiger partial charge in [-0.25, -0.2) is 0 Å². The number of rotatable bonds is 4. The first-order valence-corrected chi connectivity index (χ1v) is 5.33. The van der Waals surface area contributed by atoms with Crippen molar-refractivity contribution in [2.75, 3.05) is 0 Å². The zero-order valence-corrected chi connectivity index (χ0v) is 8.64. The van der Waals surface area contributed by atoms with Gasteiger partial charge in [0.1, 0.15) is 0 Å². The van der Waals surface area contributed by atoms with Crippen molar-refractivity contribution < 1.29 is 0 Å². The molecule has 0 fully saturated rings. The first-order valence-electron chi connectivity index (χ1n) is 4.09. The standard InChI is InChI=1S/C9H19Si/c1-5-7-9(3,4)10-8-6-2/h8,10H,2,5-7H2,1,3-4H3. The van der Waals surface area contributed by atoms with Crippen LogP contribution in [0.25, 0.3) is 0 Å². The summed E-state index contributed by atoms with van der Waals surface area (Å²) < 4.78 is 0. The molecule has 0 aromatic heterocycles. The predicted octanol–water partition coefficient (Wildman–Crippen LogP) is 2.45. The normalized spacial score (nSPS) is 12.8. The number of hydrogen-bond acceptors (Lipinski definition) is 0. The van der Waals surface area contributed by atoms with Crippen molar-refractivity contribution in [3.8, 4) is 0 Å². The molecule has 0 rings (SSSR count). The SMILES string of the molecule is [CH2]CC=[SiH]C(C)(C)CCC. The largest absolute Gasteiger partial charge is 0.106 e. The average molecular weight is 155 g/mol. The minimum Gasteiger partial charge on any atom is -0.106 e. The van der Waals surface area contributed by atoms with Crippen LogP contribution in [-0.4, -0.2) is 14.8 Å². The van der Waals surface area contributed by atoms with Crippen LogP contribution in [-0.2, 0) is 0 Å². The topological polar surface area (TPSA) is 0 Å². The maximum Gasteiger partial charge on any atom is -0.00585 e. The van der Waals surface area contributed by atoms with Gasteiger partial charge in [-0.15, -0.1) is 5.67 Å². The third-order valence-corrected chi connectivity index (χ3v) is 3.39. The van der Waals surface area contributed by atoms with Crippen LogP contribution in [0.3, 0.4) is 0 Å². The van der Waals surface area contributed by atoms with E-state index >= 15 is 0 Å². The second-order valence-electron chi connectivity index (χ2n) is 3.43. The Labute approximate surface area is 67.5 Å². The maximum atomic E-state index is 3.81. The van der Waals surface area contributed by atoms with E-state index in [1.807, 2.05) is 0 Å². The third-order valence-electron chi connectivity index (χ3n) is 1.63. The Hall–Kier alpha value is 0.0869. The van der Waals surface area contributed by atoms with Gasteiger partial charge in [-0.3, -0.25) is 0 Å². The molecule has 0 nitrogen and oxygen atoms in total. The lowest BCUT2D eigenvalue weighted by Gasteiger charge is -2.18. The van der Waals surface area contributed by atoms with E-state index in [4.69, 9.17) is 0 Å². The Kier molecular flexibility index (Phi) is 4.88. The molecule has 0 saturated carbocycles. The summed E-state index contributed by atoms with van der Waals surface area (Å²) in [6.45, 7) is 10.8. The van der Waals surface area contributed by atoms with Gasteiger partial charge >= 0.3 is 0 Å². The molecule has 0 spiro atoms. The molecular formula is C9H19Si. The summed E-state index contributed by atoms with van der Waals surface area (Å²) in [5.74, 6) is 0. The zero-order chi connectivity index (χ0) is 8.04. The van der Waals surface area contributed by atoms with Gasteiger partial charge in [0, 0.05) is 0 Å². The Morgan fingerprint density at radius 3 is 2.50 bits per heavy atom. The first kappa shape index (κ1) is 10.1. The van der Waals surface area contributed by atoms with E-state index in [-0.39, 0.29) is 0 Å². The molecule has 0 aliphatic heterocycles. The summed E-state index contributed by atoms with van der Waals surface area (Å²) in [5.41, 5.74) is 2.36. The molecule has 59 valence electrons. The molecule has 0 heterocycles. The molecule has 0 amide bonds. The average Bonchev–Trinajstić information content (AvgIpc) is 1.84. The zero-order valence-electron chi connectivity index (χ0n) is 7.48. The minimum atomic E-state index is 0.509. The van der Waals surface area contributed by atoms with Crippen LogP contribution in [0.2, 0.25) is 5.04 Å². The highest BCUT2D eigenvalue weighted by Crippen LogP contribution is 2.26. The van der Waals surface area contributed by atoms with Crippen LogP contribution >= 0.6 is 0 Å². The minimum absolute atomic E-state index is 0.509. The highest BCUT2D eigenvalue weighted by atomic mass is 28.2. The van der Waals surface area contributed by atoms with Gasteiger partial charge < -0.3 is 0 Å². The summed E-state index contributed by atoms with van der Waals surface area (Å²) >= 11 is 0. The van der Waals surface area contributed by atoms with Gasteiger partial charge in [0.2, 0.25) is 0 Å². The summed E-state index contributed by atoms with van der Waals surface area (Å²) in [7, 11) is 0.509. The lowest BCUT2D eigenvalue weighted by atomic mass is 10.1. The van der Waals surface area contributed by atoms with Crippen molar-refractivity contribution in [2.45, 2.75) is 45.1 Å². The summed E-state index contributed by atoms with van der Waals surface area (Å²) in [5, 5.41) is 0.590. The van der Waals surface area contributed by atoms with E-state index < -0.39 is 0 Å². The van der Waals surface area contributed by atoms with Crippen LogP contribution in [0.4, 0.5) is 0 Å². The molecule has 0 atom stereocenters. The van der Waals surface area contributed by atoms with Gasteiger partial charge in [-0.2, -0.15) is 0 Å². The van der Waals surface area contributed by atoms with E-state index in [2.05, 4.69) is 33.4 Å². The van der Waals surface area contributed by atoms with Crippen LogP contribution < -0.4 is 0 Å². The number of hydrogen-bond donors (Lipinski definition) is 0. The third kappa shape index (κ3) is 4.92. The maximum absolute atomic E-state index is 3.81. The van der Waals surface area contributed by atoms with Crippen molar-refractivity contribution in [1.29, 1.82) is 0 Å². The van der Waals surface area contributed by atoms with Crippen molar-refractivity contribution in [2.24, 2.45) is 0 Å². The Morgan fingerprint density at radius 1 is 1.50 bits per heavy atom. The molecule has 0 aliphatic rings. The highest BCUT2D eigenvalue weighted by Gasteiger charge is 2.10.